The van der Waals surface area contributed by atoms with E-state index >= 15 is 0 Å². The van der Waals surface area contributed by atoms with Crippen molar-refractivity contribution in [3.8, 4) is 5.75 Å². The van der Waals surface area contributed by atoms with Gasteiger partial charge >= 0.3 is 0 Å². The number of carbonyl (C=O) groups excluding carboxylic acids is 2. The predicted molar refractivity (Wildman–Crippen MR) is 102 cm³/mol. The quantitative estimate of drug-likeness (QED) is 0.749. The number of hydrogen-bond acceptors (Lipinski definition) is 4. The Balaban J connectivity index is 2.10. The predicted octanol–water partition coefficient (Wildman–Crippen LogP) is 2.62. The van der Waals surface area contributed by atoms with E-state index in [4.69, 9.17) is 4.74 Å². The summed E-state index contributed by atoms with van der Waals surface area (Å²) in [4.78, 5) is 25.3. The second-order valence-electron chi connectivity index (χ2n) is 6.27. The molecule has 0 radical (unpaired) electrons. The van der Waals surface area contributed by atoms with E-state index in [1.54, 1.807) is 36.3 Å². The lowest BCUT2D eigenvalue weighted by Gasteiger charge is -2.26. The van der Waals surface area contributed by atoms with Crippen molar-refractivity contribution < 1.29 is 14.3 Å². The fraction of sp³-hybridized carbons (Fsp3) is 0.300. The molecule has 6 nitrogen and oxygen atoms in total. The largest absolute Gasteiger partial charge is 0.496 e. The zero-order valence-corrected chi connectivity index (χ0v) is 15.5. The molecule has 0 fully saturated rings. The number of hydrogen-bond donors (Lipinski definition) is 2. The van der Waals surface area contributed by atoms with Gasteiger partial charge in [0.1, 0.15) is 11.8 Å². The van der Waals surface area contributed by atoms with Crippen LogP contribution in [0.1, 0.15) is 24.2 Å². The Labute approximate surface area is 154 Å². The van der Waals surface area contributed by atoms with Crippen LogP contribution in [0.5, 0.6) is 5.75 Å². The van der Waals surface area contributed by atoms with Crippen molar-refractivity contribution in [2.75, 3.05) is 19.2 Å². The molecule has 0 aliphatic rings. The second-order valence-corrected chi connectivity index (χ2v) is 6.27. The van der Waals surface area contributed by atoms with Crippen LogP contribution in [-0.4, -0.2) is 32.0 Å². The molecule has 1 atom stereocenters. The molecule has 2 aromatic rings. The van der Waals surface area contributed by atoms with Crippen molar-refractivity contribution in [1.29, 1.82) is 0 Å². The highest BCUT2D eigenvalue weighted by Crippen LogP contribution is 2.18. The lowest BCUT2D eigenvalue weighted by Crippen LogP contribution is -2.53. The minimum atomic E-state index is -0.682. The smallest absolute Gasteiger partial charge is 0.261 e. The molecule has 0 aromatic heterocycles. The lowest BCUT2D eigenvalue weighted by atomic mass is 10.0. The van der Waals surface area contributed by atoms with Crippen molar-refractivity contribution in [2.24, 2.45) is 5.92 Å². The van der Waals surface area contributed by atoms with Gasteiger partial charge in [0, 0.05) is 7.05 Å². The molecule has 6 heteroatoms. The molecule has 0 heterocycles. The molecule has 2 N–H and O–H groups in total. The van der Waals surface area contributed by atoms with Crippen molar-refractivity contribution in [3.05, 3.63) is 60.2 Å². The first-order valence-corrected chi connectivity index (χ1v) is 8.47. The Kier molecular flexibility index (Phi) is 6.60. The highest BCUT2D eigenvalue weighted by molar-refractivity contribution is 5.99. The molecule has 2 rings (SSSR count). The van der Waals surface area contributed by atoms with Gasteiger partial charge < -0.3 is 10.1 Å². The average Bonchev–Trinajstić information content (AvgIpc) is 2.66. The summed E-state index contributed by atoms with van der Waals surface area (Å²) in [5.41, 5.74) is 4.05. The number of methoxy groups -OCH3 is 1. The van der Waals surface area contributed by atoms with Gasteiger partial charge in [-0.05, 0) is 30.2 Å². The first kappa shape index (κ1) is 19.3. The van der Waals surface area contributed by atoms with Crippen molar-refractivity contribution in [1.82, 2.24) is 10.7 Å². The fourth-order valence-corrected chi connectivity index (χ4v) is 2.54. The molecular formula is C20H25N3O3. The lowest BCUT2D eigenvalue weighted by molar-refractivity contribution is -0.124. The number of ether oxygens (including phenoxy) is 1. The molecule has 0 bridgehead atoms. The summed E-state index contributed by atoms with van der Waals surface area (Å²) in [7, 11) is 3.26. The molecule has 0 spiro atoms. The Morgan fingerprint density at radius 3 is 2.23 bits per heavy atom. The maximum atomic E-state index is 12.7. The summed E-state index contributed by atoms with van der Waals surface area (Å²) < 4.78 is 5.22. The summed E-state index contributed by atoms with van der Waals surface area (Å²) in [5, 5.41) is 4.44. The normalized spacial score (nSPS) is 11.6. The van der Waals surface area contributed by atoms with Gasteiger partial charge in [-0.1, -0.05) is 44.2 Å². The van der Waals surface area contributed by atoms with Crippen molar-refractivity contribution in [2.45, 2.75) is 19.9 Å². The summed E-state index contributed by atoms with van der Waals surface area (Å²) >= 11 is 0. The van der Waals surface area contributed by atoms with E-state index in [1.165, 1.54) is 7.11 Å². The van der Waals surface area contributed by atoms with Crippen LogP contribution in [0.25, 0.3) is 0 Å². The zero-order chi connectivity index (χ0) is 19.1. The fourth-order valence-electron chi connectivity index (χ4n) is 2.54. The van der Waals surface area contributed by atoms with Crippen LogP contribution in [0.4, 0.5) is 5.69 Å². The van der Waals surface area contributed by atoms with Crippen LogP contribution in [-0.2, 0) is 4.79 Å². The summed E-state index contributed by atoms with van der Waals surface area (Å²) in [6, 6.07) is 15.7. The molecule has 0 unspecified atom stereocenters. The van der Waals surface area contributed by atoms with E-state index in [9.17, 15) is 9.59 Å². The third kappa shape index (κ3) is 4.75. The van der Waals surface area contributed by atoms with Crippen LogP contribution in [0.3, 0.4) is 0 Å². The van der Waals surface area contributed by atoms with E-state index in [0.29, 0.717) is 11.3 Å². The van der Waals surface area contributed by atoms with Crippen LogP contribution in [0, 0.1) is 5.92 Å². The van der Waals surface area contributed by atoms with E-state index in [0.717, 1.165) is 5.69 Å². The monoisotopic (exact) mass is 355 g/mol. The van der Waals surface area contributed by atoms with Gasteiger partial charge in [-0.2, -0.15) is 0 Å². The number of amides is 2. The van der Waals surface area contributed by atoms with E-state index in [-0.39, 0.29) is 17.7 Å². The number of anilines is 1. The first-order chi connectivity index (χ1) is 12.4. The Hall–Kier alpha value is -3.02. The highest BCUT2D eigenvalue weighted by atomic mass is 16.5. The maximum Gasteiger partial charge on any atom is 0.261 e. The van der Waals surface area contributed by atoms with Gasteiger partial charge in [0.15, 0.2) is 0 Å². The summed E-state index contributed by atoms with van der Waals surface area (Å²) in [5.74, 6) is -0.250. The van der Waals surface area contributed by atoms with Crippen LogP contribution in [0.15, 0.2) is 54.6 Å². The van der Waals surface area contributed by atoms with E-state index in [2.05, 4.69) is 10.7 Å². The standard InChI is InChI=1S/C20H25N3O3/c1-14(2)18(20(25)22-23(3)15-10-6-5-7-11-15)21-19(24)16-12-8-9-13-17(16)26-4/h5-14,18H,1-4H3,(H,21,24)(H,22,25)/t18-/m0/s1. The maximum absolute atomic E-state index is 12.7. The van der Waals surface area contributed by atoms with Gasteiger partial charge in [-0.15, -0.1) is 0 Å². The van der Waals surface area contributed by atoms with E-state index in [1.807, 2.05) is 44.2 Å². The topological polar surface area (TPSA) is 70.7 Å². The molecule has 2 amide bonds. The number of carbonyl (C=O) groups is 2. The molecule has 0 saturated heterocycles. The number of rotatable bonds is 7. The number of nitrogens with zero attached hydrogens (tertiary/aromatic N) is 1. The average molecular weight is 355 g/mol. The number of para-hydroxylation sites is 2. The minimum Gasteiger partial charge on any atom is -0.496 e. The SMILES string of the molecule is COc1ccccc1C(=O)N[C@H](C(=O)NN(C)c1ccccc1)C(C)C. The third-order valence-corrected chi connectivity index (χ3v) is 4.01. The van der Waals surface area contributed by atoms with E-state index < -0.39 is 6.04 Å². The Morgan fingerprint density at radius 2 is 1.62 bits per heavy atom. The third-order valence-electron chi connectivity index (χ3n) is 4.01. The summed E-state index contributed by atoms with van der Waals surface area (Å²) in [6.45, 7) is 3.77. The van der Waals surface area contributed by atoms with Crippen molar-refractivity contribution >= 4 is 17.5 Å². The van der Waals surface area contributed by atoms with Crippen molar-refractivity contribution in [3.63, 3.8) is 0 Å². The number of nitrogens with one attached hydrogen (secondary N) is 2. The van der Waals surface area contributed by atoms with Gasteiger partial charge in [0.05, 0.1) is 18.4 Å². The Morgan fingerprint density at radius 1 is 1.00 bits per heavy atom. The van der Waals surface area contributed by atoms with Gasteiger partial charge in [-0.25, -0.2) is 0 Å². The molecule has 2 aromatic carbocycles. The highest BCUT2D eigenvalue weighted by Gasteiger charge is 2.26. The first-order valence-electron chi connectivity index (χ1n) is 8.47. The molecular weight excluding hydrogens is 330 g/mol. The van der Waals surface area contributed by atoms with Crippen LogP contribution < -0.4 is 20.5 Å². The Bertz CT molecular complexity index is 747. The van der Waals surface area contributed by atoms with Gasteiger partial charge in [0.25, 0.3) is 11.8 Å². The van der Waals surface area contributed by atoms with Crippen LogP contribution >= 0.6 is 0 Å². The van der Waals surface area contributed by atoms with Crippen LogP contribution in [0.2, 0.25) is 0 Å². The second kappa shape index (κ2) is 8.89. The molecule has 0 aliphatic carbocycles. The molecule has 0 aliphatic heterocycles. The molecule has 138 valence electrons. The molecule has 0 saturated carbocycles. The zero-order valence-electron chi connectivity index (χ0n) is 15.5. The van der Waals surface area contributed by atoms with Gasteiger partial charge in [-0.3, -0.25) is 20.0 Å². The minimum absolute atomic E-state index is 0.0853. The molecule has 26 heavy (non-hydrogen) atoms. The number of benzene rings is 2. The number of hydrazine groups is 1. The van der Waals surface area contributed by atoms with Gasteiger partial charge in [0.2, 0.25) is 0 Å². The summed E-state index contributed by atoms with van der Waals surface area (Å²) in [6.07, 6.45) is 0.